The van der Waals surface area contributed by atoms with Crippen molar-refractivity contribution in [2.24, 2.45) is 11.1 Å². The molecule has 0 spiro atoms. The molecule has 3 N–H and O–H groups in total. The van der Waals surface area contributed by atoms with Gasteiger partial charge in [-0.3, -0.25) is 9.69 Å². The molecule has 4 nitrogen and oxygen atoms in total. The summed E-state index contributed by atoms with van der Waals surface area (Å²) in [5, 5.41) is 10.6. The zero-order valence-electron chi connectivity index (χ0n) is 11.0. The lowest BCUT2D eigenvalue weighted by Gasteiger charge is -2.20. The van der Waals surface area contributed by atoms with Crippen LogP contribution in [0.3, 0.4) is 0 Å². The number of likely N-dealkylation sites (tertiary alicyclic amines) is 1. The maximum Gasteiger partial charge on any atom is 0.224 e. The normalized spacial score (nSPS) is 23.1. The fraction of sp³-hybridized carbons (Fsp3) is 0.500. The predicted octanol–water partition coefficient (Wildman–Crippen LogP) is 0.789. The molecule has 1 atom stereocenters. The second-order valence-electron chi connectivity index (χ2n) is 5.15. The number of carbonyl (C=O) groups is 1. The molecule has 1 aliphatic heterocycles. The molecule has 1 saturated heterocycles. The molecule has 19 heavy (non-hydrogen) atoms. The van der Waals surface area contributed by atoms with Crippen molar-refractivity contribution in [3.05, 3.63) is 21.9 Å². The second-order valence-corrected chi connectivity index (χ2v) is 6.14. The zero-order chi connectivity index (χ0) is 13.9. The van der Waals surface area contributed by atoms with Crippen LogP contribution in [-0.4, -0.2) is 35.6 Å². The van der Waals surface area contributed by atoms with E-state index in [1.807, 2.05) is 18.4 Å². The van der Waals surface area contributed by atoms with Crippen LogP contribution in [0, 0.1) is 17.3 Å². The molecule has 0 saturated carbocycles. The van der Waals surface area contributed by atoms with E-state index in [1.165, 1.54) is 4.88 Å². The lowest BCUT2D eigenvalue weighted by Crippen LogP contribution is -2.36. The van der Waals surface area contributed by atoms with Crippen molar-refractivity contribution in [3.8, 4) is 11.8 Å². The van der Waals surface area contributed by atoms with Crippen LogP contribution < -0.4 is 5.73 Å². The second kappa shape index (κ2) is 5.74. The first kappa shape index (κ1) is 14.1. The minimum atomic E-state index is -0.392. The SMILES string of the molecule is CC1(C(N)=O)CCN(Cc2cc(C#CCO)cs2)C1. The van der Waals surface area contributed by atoms with Gasteiger partial charge >= 0.3 is 0 Å². The fourth-order valence-corrected chi connectivity index (χ4v) is 3.14. The van der Waals surface area contributed by atoms with E-state index in [-0.39, 0.29) is 12.5 Å². The van der Waals surface area contributed by atoms with Crippen LogP contribution >= 0.6 is 11.3 Å². The lowest BCUT2D eigenvalue weighted by atomic mass is 9.89. The van der Waals surface area contributed by atoms with Crippen LogP contribution in [0.1, 0.15) is 23.8 Å². The molecule has 1 fully saturated rings. The summed E-state index contributed by atoms with van der Waals surface area (Å²) in [5.41, 5.74) is 5.99. The van der Waals surface area contributed by atoms with Gasteiger partial charge in [-0.1, -0.05) is 11.8 Å². The van der Waals surface area contributed by atoms with Gasteiger partial charge in [0, 0.05) is 28.9 Å². The van der Waals surface area contributed by atoms with Crippen molar-refractivity contribution in [2.45, 2.75) is 19.9 Å². The van der Waals surface area contributed by atoms with E-state index >= 15 is 0 Å². The molecule has 1 amide bonds. The van der Waals surface area contributed by atoms with E-state index in [1.54, 1.807) is 11.3 Å². The minimum absolute atomic E-state index is 0.117. The van der Waals surface area contributed by atoms with E-state index in [0.29, 0.717) is 0 Å². The molecule has 0 bridgehead atoms. The van der Waals surface area contributed by atoms with Crippen LogP contribution in [0.2, 0.25) is 0 Å². The number of amides is 1. The first-order valence-corrected chi connectivity index (χ1v) is 7.11. The van der Waals surface area contributed by atoms with Crippen LogP contribution in [-0.2, 0) is 11.3 Å². The molecule has 2 rings (SSSR count). The van der Waals surface area contributed by atoms with Crippen molar-refractivity contribution >= 4 is 17.2 Å². The molecule has 2 heterocycles. The summed E-state index contributed by atoms with van der Waals surface area (Å²) in [6.07, 6.45) is 0.824. The van der Waals surface area contributed by atoms with Crippen LogP contribution in [0.25, 0.3) is 0 Å². The Balaban J connectivity index is 1.96. The van der Waals surface area contributed by atoms with E-state index in [2.05, 4.69) is 16.7 Å². The molecular formula is C14H18N2O2S. The summed E-state index contributed by atoms with van der Waals surface area (Å²) in [5.74, 6) is 5.32. The standard InChI is InChI=1S/C14H18N2O2S/c1-14(13(15)18)4-5-16(10-14)8-12-7-11(9-19-12)3-2-6-17/h7,9,17H,4-6,8,10H2,1H3,(H2,15,18). The number of primary amides is 1. The third-order valence-corrected chi connectivity index (χ3v) is 4.41. The molecule has 1 aromatic rings. The highest BCUT2D eigenvalue weighted by Gasteiger charge is 2.38. The topological polar surface area (TPSA) is 66.6 Å². The average Bonchev–Trinajstić information content (AvgIpc) is 2.95. The van der Waals surface area contributed by atoms with E-state index in [4.69, 9.17) is 10.8 Å². The van der Waals surface area contributed by atoms with Gasteiger partial charge in [0.1, 0.15) is 6.61 Å². The number of thiophene rings is 1. The molecule has 5 heteroatoms. The summed E-state index contributed by atoms with van der Waals surface area (Å²) in [6.45, 7) is 4.26. The molecule has 102 valence electrons. The summed E-state index contributed by atoms with van der Waals surface area (Å²) in [7, 11) is 0. The molecule has 0 aromatic carbocycles. The quantitative estimate of drug-likeness (QED) is 0.803. The van der Waals surface area contributed by atoms with E-state index in [0.717, 1.165) is 31.6 Å². The first-order valence-electron chi connectivity index (χ1n) is 6.23. The Morgan fingerprint density at radius 1 is 1.68 bits per heavy atom. The maximum absolute atomic E-state index is 11.4. The van der Waals surface area contributed by atoms with Gasteiger partial charge in [-0.05, 0) is 26.0 Å². The molecule has 0 radical (unpaired) electrons. The zero-order valence-corrected chi connectivity index (χ0v) is 11.8. The minimum Gasteiger partial charge on any atom is -0.384 e. The summed E-state index contributed by atoms with van der Waals surface area (Å²) >= 11 is 1.65. The highest BCUT2D eigenvalue weighted by Crippen LogP contribution is 2.31. The number of nitrogens with two attached hydrogens (primary N) is 1. The van der Waals surface area contributed by atoms with E-state index < -0.39 is 5.41 Å². The van der Waals surface area contributed by atoms with Crippen LogP contribution in [0.5, 0.6) is 0 Å². The first-order chi connectivity index (χ1) is 9.03. The molecular weight excluding hydrogens is 260 g/mol. The number of aliphatic hydroxyl groups excluding tert-OH is 1. The maximum atomic E-state index is 11.4. The monoisotopic (exact) mass is 278 g/mol. The van der Waals surface area contributed by atoms with Gasteiger partial charge in [-0.15, -0.1) is 11.3 Å². The number of rotatable bonds is 3. The Hall–Kier alpha value is -1.35. The summed E-state index contributed by atoms with van der Waals surface area (Å²) in [6, 6.07) is 2.03. The van der Waals surface area contributed by atoms with Crippen molar-refractivity contribution in [1.29, 1.82) is 0 Å². The van der Waals surface area contributed by atoms with Gasteiger partial charge in [-0.25, -0.2) is 0 Å². The van der Waals surface area contributed by atoms with Crippen molar-refractivity contribution in [2.75, 3.05) is 19.7 Å². The third kappa shape index (κ3) is 3.35. The predicted molar refractivity (Wildman–Crippen MR) is 75.5 cm³/mol. The van der Waals surface area contributed by atoms with Crippen LogP contribution in [0.4, 0.5) is 0 Å². The average molecular weight is 278 g/mol. The number of hydrogen-bond donors (Lipinski definition) is 2. The number of aliphatic hydroxyl groups is 1. The highest BCUT2D eigenvalue weighted by molar-refractivity contribution is 7.10. The molecule has 1 aromatic heterocycles. The molecule has 1 unspecified atom stereocenters. The Morgan fingerprint density at radius 3 is 3.11 bits per heavy atom. The summed E-state index contributed by atoms with van der Waals surface area (Å²) < 4.78 is 0. The number of hydrogen-bond acceptors (Lipinski definition) is 4. The Kier molecular flexibility index (Phi) is 4.25. The largest absolute Gasteiger partial charge is 0.384 e. The summed E-state index contributed by atoms with van der Waals surface area (Å²) in [4.78, 5) is 14.9. The Morgan fingerprint density at radius 2 is 2.47 bits per heavy atom. The fourth-order valence-electron chi connectivity index (χ4n) is 2.28. The van der Waals surface area contributed by atoms with E-state index in [9.17, 15) is 4.79 Å². The Labute approximate surface area is 117 Å². The molecule has 0 aliphatic carbocycles. The van der Waals surface area contributed by atoms with Gasteiger partial charge in [0.15, 0.2) is 0 Å². The lowest BCUT2D eigenvalue weighted by molar-refractivity contribution is -0.126. The Bertz CT molecular complexity index is 529. The van der Waals surface area contributed by atoms with Gasteiger partial charge in [-0.2, -0.15) is 0 Å². The number of nitrogens with zero attached hydrogens (tertiary/aromatic N) is 1. The van der Waals surface area contributed by atoms with Crippen molar-refractivity contribution in [1.82, 2.24) is 4.90 Å². The van der Waals surface area contributed by atoms with Gasteiger partial charge in [0.25, 0.3) is 0 Å². The van der Waals surface area contributed by atoms with Crippen LogP contribution in [0.15, 0.2) is 11.4 Å². The van der Waals surface area contributed by atoms with Gasteiger partial charge in [0.2, 0.25) is 5.91 Å². The highest BCUT2D eigenvalue weighted by atomic mass is 32.1. The van der Waals surface area contributed by atoms with Crippen molar-refractivity contribution in [3.63, 3.8) is 0 Å². The van der Waals surface area contributed by atoms with Gasteiger partial charge < -0.3 is 10.8 Å². The van der Waals surface area contributed by atoms with Crippen molar-refractivity contribution < 1.29 is 9.90 Å². The molecule has 1 aliphatic rings. The number of carbonyl (C=O) groups excluding carboxylic acids is 1. The smallest absolute Gasteiger partial charge is 0.224 e. The third-order valence-electron chi connectivity index (χ3n) is 3.49. The van der Waals surface area contributed by atoms with Gasteiger partial charge in [0.05, 0.1) is 5.41 Å².